The second kappa shape index (κ2) is 8.75. The number of carbonyl (C=O) groups excluding carboxylic acids is 1. The molecule has 31 heavy (non-hydrogen) atoms. The quantitative estimate of drug-likeness (QED) is 0.294. The van der Waals surface area contributed by atoms with Crippen LogP contribution in [-0.2, 0) is 6.42 Å². The van der Waals surface area contributed by atoms with Crippen LogP contribution < -0.4 is 10.2 Å². The van der Waals surface area contributed by atoms with Gasteiger partial charge in [-0.05, 0) is 66.6 Å². The number of esters is 1. The van der Waals surface area contributed by atoms with Crippen LogP contribution in [0, 0.1) is 0 Å². The molecule has 0 N–H and O–H groups in total. The smallest absolute Gasteiger partial charge is 0.345 e. The van der Waals surface area contributed by atoms with Gasteiger partial charge in [-0.1, -0.05) is 47.8 Å². The van der Waals surface area contributed by atoms with E-state index in [4.69, 9.17) is 44.0 Å². The Morgan fingerprint density at radius 1 is 0.935 bits per heavy atom. The van der Waals surface area contributed by atoms with Gasteiger partial charge in [0, 0.05) is 15.6 Å². The normalized spacial score (nSPS) is 11.0. The van der Waals surface area contributed by atoms with Crippen LogP contribution in [0.3, 0.4) is 0 Å². The standard InChI is InChI=1S/C24H15Cl3O4/c1-2-13-3-10-20-18(11-13)21(28)23(22(30-20)14-4-6-15(25)7-5-14)31-24(29)17-9-8-16(26)12-19(17)27/h3-12H,2H2,1H3. The van der Waals surface area contributed by atoms with Gasteiger partial charge in [0.2, 0.25) is 11.2 Å². The molecule has 0 bridgehead atoms. The Morgan fingerprint density at radius 2 is 1.65 bits per heavy atom. The molecule has 0 spiro atoms. The summed E-state index contributed by atoms with van der Waals surface area (Å²) in [6.07, 6.45) is 0.740. The first-order chi connectivity index (χ1) is 14.9. The summed E-state index contributed by atoms with van der Waals surface area (Å²) in [7, 11) is 0. The third kappa shape index (κ3) is 4.33. The number of fused-ring (bicyclic) bond motifs is 1. The lowest BCUT2D eigenvalue weighted by molar-refractivity contribution is 0.0731. The topological polar surface area (TPSA) is 56.5 Å². The number of hydrogen-bond acceptors (Lipinski definition) is 4. The molecule has 0 saturated heterocycles. The molecule has 0 fully saturated rings. The number of aryl methyl sites for hydroxylation is 1. The average molecular weight is 474 g/mol. The van der Waals surface area contributed by atoms with E-state index < -0.39 is 11.4 Å². The number of carbonyl (C=O) groups is 1. The van der Waals surface area contributed by atoms with Gasteiger partial charge in [0.1, 0.15) is 5.58 Å². The molecule has 0 aliphatic rings. The Balaban J connectivity index is 1.91. The summed E-state index contributed by atoms with van der Waals surface area (Å²) in [5.41, 5.74) is 1.50. The summed E-state index contributed by atoms with van der Waals surface area (Å²) < 4.78 is 11.6. The number of halogens is 3. The lowest BCUT2D eigenvalue weighted by Gasteiger charge is -2.12. The van der Waals surface area contributed by atoms with Crippen LogP contribution in [0.15, 0.2) is 69.9 Å². The Labute approximate surface area is 192 Å². The fraction of sp³-hybridized carbons (Fsp3) is 0.0833. The molecule has 1 heterocycles. The van der Waals surface area contributed by atoms with Gasteiger partial charge in [0.05, 0.1) is 16.0 Å². The molecule has 7 heteroatoms. The summed E-state index contributed by atoms with van der Waals surface area (Å²) in [5.74, 6) is -0.897. The van der Waals surface area contributed by atoms with Crippen molar-refractivity contribution in [2.75, 3.05) is 0 Å². The van der Waals surface area contributed by atoms with E-state index in [-0.39, 0.29) is 22.1 Å². The zero-order valence-corrected chi connectivity index (χ0v) is 18.5. The zero-order chi connectivity index (χ0) is 22.1. The molecule has 0 saturated carbocycles. The fourth-order valence-corrected chi connectivity index (χ4v) is 3.74. The molecule has 0 amide bonds. The highest BCUT2D eigenvalue weighted by Crippen LogP contribution is 2.33. The van der Waals surface area contributed by atoms with Crippen molar-refractivity contribution in [3.63, 3.8) is 0 Å². The first kappa shape index (κ1) is 21.4. The van der Waals surface area contributed by atoms with Crippen molar-refractivity contribution >= 4 is 51.7 Å². The highest BCUT2D eigenvalue weighted by molar-refractivity contribution is 6.36. The molecule has 0 unspecified atom stereocenters. The molecular weight excluding hydrogens is 459 g/mol. The van der Waals surface area contributed by atoms with Crippen LogP contribution in [0.1, 0.15) is 22.8 Å². The van der Waals surface area contributed by atoms with Gasteiger partial charge in [0.15, 0.2) is 5.76 Å². The second-order valence-electron chi connectivity index (χ2n) is 6.79. The van der Waals surface area contributed by atoms with Crippen LogP contribution in [0.25, 0.3) is 22.3 Å². The van der Waals surface area contributed by atoms with Gasteiger partial charge in [-0.15, -0.1) is 0 Å². The second-order valence-corrected chi connectivity index (χ2v) is 8.07. The minimum atomic E-state index is -0.796. The van der Waals surface area contributed by atoms with Gasteiger partial charge in [0.25, 0.3) is 0 Å². The minimum Gasteiger partial charge on any atom is -0.452 e. The first-order valence-corrected chi connectivity index (χ1v) is 10.5. The largest absolute Gasteiger partial charge is 0.452 e. The van der Waals surface area contributed by atoms with Crippen molar-refractivity contribution in [1.82, 2.24) is 0 Å². The Hall–Kier alpha value is -2.79. The van der Waals surface area contributed by atoms with Crippen molar-refractivity contribution in [2.45, 2.75) is 13.3 Å². The van der Waals surface area contributed by atoms with Crippen LogP contribution >= 0.6 is 34.8 Å². The maximum Gasteiger partial charge on any atom is 0.345 e. The Kier molecular flexibility index (Phi) is 6.05. The third-order valence-electron chi connectivity index (χ3n) is 4.77. The van der Waals surface area contributed by atoms with Gasteiger partial charge in [-0.25, -0.2) is 4.79 Å². The van der Waals surface area contributed by atoms with Gasteiger partial charge in [-0.3, -0.25) is 4.79 Å². The van der Waals surface area contributed by atoms with E-state index in [1.807, 2.05) is 13.0 Å². The van der Waals surface area contributed by atoms with Crippen molar-refractivity contribution in [3.8, 4) is 17.1 Å². The molecule has 1 aromatic heterocycles. The van der Waals surface area contributed by atoms with Crippen molar-refractivity contribution in [2.24, 2.45) is 0 Å². The summed E-state index contributed by atoms with van der Waals surface area (Å²) in [4.78, 5) is 26.2. The van der Waals surface area contributed by atoms with Crippen LogP contribution in [0.2, 0.25) is 15.1 Å². The molecule has 0 radical (unpaired) electrons. The predicted octanol–water partition coefficient (Wildman–Crippen LogP) is 7.20. The summed E-state index contributed by atoms with van der Waals surface area (Å²) in [6, 6.07) is 16.4. The van der Waals surface area contributed by atoms with Gasteiger partial charge < -0.3 is 9.15 Å². The molecule has 0 atom stereocenters. The van der Waals surface area contributed by atoms with Crippen molar-refractivity contribution in [1.29, 1.82) is 0 Å². The SMILES string of the molecule is CCc1ccc2oc(-c3ccc(Cl)cc3)c(OC(=O)c3ccc(Cl)cc3Cl)c(=O)c2c1. The lowest BCUT2D eigenvalue weighted by Crippen LogP contribution is -2.16. The Morgan fingerprint density at radius 3 is 2.32 bits per heavy atom. The number of hydrogen-bond donors (Lipinski definition) is 0. The van der Waals surface area contributed by atoms with E-state index >= 15 is 0 Å². The summed E-state index contributed by atoms with van der Waals surface area (Å²) in [5, 5.41) is 1.33. The first-order valence-electron chi connectivity index (χ1n) is 9.40. The summed E-state index contributed by atoms with van der Waals surface area (Å²) >= 11 is 18.0. The zero-order valence-electron chi connectivity index (χ0n) is 16.2. The van der Waals surface area contributed by atoms with Crippen LogP contribution in [-0.4, -0.2) is 5.97 Å². The number of benzene rings is 3. The number of rotatable bonds is 4. The summed E-state index contributed by atoms with van der Waals surface area (Å²) in [6.45, 7) is 1.98. The van der Waals surface area contributed by atoms with E-state index in [0.717, 1.165) is 12.0 Å². The van der Waals surface area contributed by atoms with Crippen LogP contribution in [0.5, 0.6) is 5.75 Å². The lowest BCUT2D eigenvalue weighted by atomic mass is 10.1. The van der Waals surface area contributed by atoms with E-state index in [1.54, 1.807) is 36.4 Å². The molecule has 156 valence electrons. The molecule has 4 nitrogen and oxygen atoms in total. The molecule has 4 rings (SSSR count). The predicted molar refractivity (Wildman–Crippen MR) is 124 cm³/mol. The molecule has 4 aromatic rings. The van der Waals surface area contributed by atoms with Crippen molar-refractivity contribution in [3.05, 3.63) is 97.1 Å². The molecule has 0 aliphatic carbocycles. The van der Waals surface area contributed by atoms with E-state index in [9.17, 15) is 9.59 Å². The maximum absolute atomic E-state index is 13.3. The van der Waals surface area contributed by atoms with E-state index in [0.29, 0.717) is 26.6 Å². The minimum absolute atomic E-state index is 0.0786. The van der Waals surface area contributed by atoms with E-state index in [1.165, 1.54) is 18.2 Å². The Bertz CT molecular complexity index is 1360. The fourth-order valence-electron chi connectivity index (χ4n) is 3.13. The highest BCUT2D eigenvalue weighted by Gasteiger charge is 2.23. The highest BCUT2D eigenvalue weighted by atomic mass is 35.5. The maximum atomic E-state index is 13.3. The molecule has 3 aromatic carbocycles. The van der Waals surface area contributed by atoms with Gasteiger partial charge in [-0.2, -0.15) is 0 Å². The molecule has 0 aliphatic heterocycles. The van der Waals surface area contributed by atoms with Crippen LogP contribution in [0.4, 0.5) is 0 Å². The molecular formula is C24H15Cl3O4. The van der Waals surface area contributed by atoms with Crippen molar-refractivity contribution < 1.29 is 13.9 Å². The van der Waals surface area contributed by atoms with E-state index in [2.05, 4.69) is 0 Å². The average Bonchev–Trinajstić information content (AvgIpc) is 2.76. The third-order valence-corrected chi connectivity index (χ3v) is 5.57. The van der Waals surface area contributed by atoms with Gasteiger partial charge >= 0.3 is 5.97 Å². The number of ether oxygens (including phenoxy) is 1. The monoisotopic (exact) mass is 472 g/mol.